The molecule has 1 radical (unpaired) electrons. The molecule has 1 fully saturated rings. The first-order valence-corrected chi connectivity index (χ1v) is 6.54. The lowest BCUT2D eigenvalue weighted by molar-refractivity contribution is 0.319. The van der Waals surface area contributed by atoms with Crippen LogP contribution in [0.2, 0.25) is 5.02 Å². The molecule has 1 aliphatic heterocycles. The molecule has 6 heteroatoms. The van der Waals surface area contributed by atoms with E-state index in [1.165, 1.54) is 12.1 Å². The number of piperidine rings is 1. The fourth-order valence-corrected chi connectivity index (χ4v) is 2.43. The molecule has 0 aliphatic carbocycles. The molecule has 2 heterocycles. The smallest absolute Gasteiger partial charge is 0.230 e. The molecule has 1 aromatic carbocycles. The van der Waals surface area contributed by atoms with Crippen LogP contribution in [0, 0.1) is 5.82 Å². The second kappa shape index (κ2) is 5.27. The Bertz CT molecular complexity index is 581. The molecule has 0 saturated carbocycles. The van der Waals surface area contributed by atoms with Gasteiger partial charge in [-0.05, 0) is 31.0 Å². The minimum Gasteiger partial charge on any atom is -0.339 e. The zero-order chi connectivity index (χ0) is 13.2. The average molecular weight is 281 g/mol. The van der Waals surface area contributed by atoms with Crippen LogP contribution in [0.15, 0.2) is 22.7 Å². The minimum absolute atomic E-state index is 0.262. The van der Waals surface area contributed by atoms with E-state index in [2.05, 4.69) is 15.5 Å². The molecule has 4 nitrogen and oxygen atoms in total. The SMILES string of the molecule is Fc1ccc(-c2noc(C3CC[N]CC3)n2)c(Cl)c1. The van der Waals surface area contributed by atoms with Crippen LogP contribution < -0.4 is 5.32 Å². The largest absolute Gasteiger partial charge is 0.339 e. The fourth-order valence-electron chi connectivity index (χ4n) is 2.18. The summed E-state index contributed by atoms with van der Waals surface area (Å²) in [5.41, 5.74) is 0.582. The molecule has 1 saturated heterocycles. The second-order valence-electron chi connectivity index (χ2n) is 4.53. The van der Waals surface area contributed by atoms with Crippen molar-refractivity contribution in [3.05, 3.63) is 34.9 Å². The third-order valence-corrected chi connectivity index (χ3v) is 3.55. The number of hydrogen-bond donors (Lipinski definition) is 0. The standard InChI is InChI=1S/C13H12ClFN3O/c14-11-7-9(15)1-2-10(11)12-17-13(19-18-12)8-3-5-16-6-4-8/h1-2,7-8H,3-6H2. The lowest BCUT2D eigenvalue weighted by Gasteiger charge is -2.17. The van der Waals surface area contributed by atoms with Crippen molar-refractivity contribution >= 4 is 11.6 Å². The van der Waals surface area contributed by atoms with Gasteiger partial charge in [0, 0.05) is 24.6 Å². The van der Waals surface area contributed by atoms with Gasteiger partial charge in [-0.15, -0.1) is 0 Å². The number of hydrogen-bond acceptors (Lipinski definition) is 3. The van der Waals surface area contributed by atoms with Gasteiger partial charge >= 0.3 is 0 Å². The van der Waals surface area contributed by atoms with E-state index in [-0.39, 0.29) is 16.8 Å². The predicted molar refractivity (Wildman–Crippen MR) is 68.5 cm³/mol. The summed E-state index contributed by atoms with van der Waals surface area (Å²) >= 11 is 5.98. The van der Waals surface area contributed by atoms with Gasteiger partial charge in [0.1, 0.15) is 5.82 Å². The van der Waals surface area contributed by atoms with Crippen molar-refractivity contribution in [2.45, 2.75) is 18.8 Å². The van der Waals surface area contributed by atoms with Crippen molar-refractivity contribution in [1.29, 1.82) is 0 Å². The summed E-state index contributed by atoms with van der Waals surface area (Å²) in [6.07, 6.45) is 1.86. The minimum atomic E-state index is -0.383. The predicted octanol–water partition coefficient (Wildman–Crippen LogP) is 3.01. The molecule has 19 heavy (non-hydrogen) atoms. The van der Waals surface area contributed by atoms with Crippen molar-refractivity contribution in [1.82, 2.24) is 15.5 Å². The lowest BCUT2D eigenvalue weighted by Crippen LogP contribution is -2.21. The van der Waals surface area contributed by atoms with Gasteiger partial charge in [0.25, 0.3) is 0 Å². The van der Waals surface area contributed by atoms with Gasteiger partial charge in [-0.1, -0.05) is 16.8 Å². The van der Waals surface area contributed by atoms with Crippen LogP contribution in [0.4, 0.5) is 4.39 Å². The van der Waals surface area contributed by atoms with Gasteiger partial charge < -0.3 is 4.52 Å². The van der Waals surface area contributed by atoms with Gasteiger partial charge in [-0.2, -0.15) is 4.98 Å². The Labute approximate surface area is 115 Å². The Morgan fingerprint density at radius 2 is 2.05 bits per heavy atom. The van der Waals surface area contributed by atoms with Gasteiger partial charge in [-0.3, -0.25) is 0 Å². The van der Waals surface area contributed by atoms with E-state index in [0.29, 0.717) is 17.3 Å². The fraction of sp³-hybridized carbons (Fsp3) is 0.385. The van der Waals surface area contributed by atoms with E-state index in [0.717, 1.165) is 25.9 Å². The first-order chi connectivity index (χ1) is 9.24. The summed E-state index contributed by atoms with van der Waals surface area (Å²) in [5, 5.41) is 8.50. The number of aromatic nitrogens is 2. The number of benzene rings is 1. The monoisotopic (exact) mass is 280 g/mol. The van der Waals surface area contributed by atoms with Gasteiger partial charge in [0.05, 0.1) is 5.02 Å². The third kappa shape index (κ3) is 2.62. The molecule has 0 spiro atoms. The molecule has 1 aliphatic rings. The Kier molecular flexibility index (Phi) is 3.48. The van der Waals surface area contributed by atoms with Crippen molar-refractivity contribution in [2.24, 2.45) is 0 Å². The van der Waals surface area contributed by atoms with E-state index in [9.17, 15) is 4.39 Å². The van der Waals surface area contributed by atoms with Crippen molar-refractivity contribution in [3.63, 3.8) is 0 Å². The molecule has 2 aromatic rings. The molecule has 1 aromatic heterocycles. The summed E-state index contributed by atoms with van der Waals surface area (Å²) in [6.45, 7) is 1.67. The molecule has 0 bridgehead atoms. The van der Waals surface area contributed by atoms with E-state index in [4.69, 9.17) is 16.1 Å². The summed E-state index contributed by atoms with van der Waals surface area (Å²) in [7, 11) is 0. The van der Waals surface area contributed by atoms with Gasteiger partial charge in [0.2, 0.25) is 11.7 Å². The van der Waals surface area contributed by atoms with Gasteiger partial charge in [0.15, 0.2) is 0 Å². The molecule has 0 unspecified atom stereocenters. The lowest BCUT2D eigenvalue weighted by atomic mass is 9.98. The van der Waals surface area contributed by atoms with E-state index in [1.54, 1.807) is 6.07 Å². The zero-order valence-electron chi connectivity index (χ0n) is 10.1. The summed E-state index contributed by atoms with van der Waals surface area (Å²) < 4.78 is 18.3. The van der Waals surface area contributed by atoms with Crippen LogP contribution in [0.3, 0.4) is 0 Å². The van der Waals surface area contributed by atoms with E-state index < -0.39 is 0 Å². The highest BCUT2D eigenvalue weighted by Crippen LogP contribution is 2.29. The maximum Gasteiger partial charge on any atom is 0.230 e. The Morgan fingerprint density at radius 3 is 2.79 bits per heavy atom. The second-order valence-corrected chi connectivity index (χ2v) is 4.93. The first kappa shape index (κ1) is 12.6. The van der Waals surface area contributed by atoms with Crippen molar-refractivity contribution in [3.8, 4) is 11.4 Å². The first-order valence-electron chi connectivity index (χ1n) is 6.16. The molecular formula is C13H12ClFN3O. The van der Waals surface area contributed by atoms with Crippen LogP contribution in [0.1, 0.15) is 24.7 Å². The Morgan fingerprint density at radius 1 is 1.26 bits per heavy atom. The molecular weight excluding hydrogens is 269 g/mol. The highest BCUT2D eigenvalue weighted by atomic mass is 35.5. The quantitative estimate of drug-likeness (QED) is 0.850. The van der Waals surface area contributed by atoms with Crippen molar-refractivity contribution < 1.29 is 8.91 Å². The molecule has 3 rings (SSSR count). The topological polar surface area (TPSA) is 53.0 Å². The summed E-state index contributed by atoms with van der Waals surface area (Å²) in [4.78, 5) is 4.37. The van der Waals surface area contributed by atoms with E-state index >= 15 is 0 Å². The van der Waals surface area contributed by atoms with Crippen LogP contribution in [0.25, 0.3) is 11.4 Å². The van der Waals surface area contributed by atoms with Crippen molar-refractivity contribution in [2.75, 3.05) is 13.1 Å². The third-order valence-electron chi connectivity index (χ3n) is 3.23. The maximum atomic E-state index is 13.0. The normalized spacial score (nSPS) is 16.7. The molecule has 0 N–H and O–H groups in total. The molecule has 0 amide bonds. The van der Waals surface area contributed by atoms with Gasteiger partial charge in [-0.25, -0.2) is 9.71 Å². The van der Waals surface area contributed by atoms with Crippen LogP contribution in [0.5, 0.6) is 0 Å². The van der Waals surface area contributed by atoms with Crippen LogP contribution >= 0.6 is 11.6 Å². The summed E-state index contributed by atoms with van der Waals surface area (Å²) in [5.74, 6) is 0.900. The average Bonchev–Trinajstić information content (AvgIpc) is 2.89. The summed E-state index contributed by atoms with van der Waals surface area (Å²) in [6, 6.07) is 4.13. The van der Waals surface area contributed by atoms with Crippen LogP contribution in [-0.2, 0) is 0 Å². The van der Waals surface area contributed by atoms with Crippen LogP contribution in [-0.4, -0.2) is 23.2 Å². The molecule has 0 atom stereocenters. The molecule has 99 valence electrons. The Hall–Kier alpha value is -1.46. The Balaban J connectivity index is 1.87. The number of nitrogens with zero attached hydrogens (tertiary/aromatic N) is 3. The number of halogens is 2. The highest BCUT2D eigenvalue weighted by molar-refractivity contribution is 6.33. The number of rotatable bonds is 2. The zero-order valence-corrected chi connectivity index (χ0v) is 10.9. The maximum absolute atomic E-state index is 13.0. The van der Waals surface area contributed by atoms with E-state index in [1.807, 2.05) is 0 Å². The highest BCUT2D eigenvalue weighted by Gasteiger charge is 2.22.